The Labute approximate surface area is 367 Å². The van der Waals surface area contributed by atoms with Gasteiger partial charge in [0.2, 0.25) is 23.6 Å². The zero-order chi connectivity index (χ0) is 44.5. The van der Waals surface area contributed by atoms with Gasteiger partial charge in [-0.1, -0.05) is 57.2 Å². The molecule has 4 N–H and O–H groups in total. The zero-order valence-electron chi connectivity index (χ0n) is 35.4. The van der Waals surface area contributed by atoms with Gasteiger partial charge in [0.1, 0.15) is 17.9 Å². The van der Waals surface area contributed by atoms with Crippen LogP contribution in [0.15, 0.2) is 53.9 Å². The number of amides is 8. The molecule has 2 atom stereocenters. The van der Waals surface area contributed by atoms with Gasteiger partial charge in [-0.15, -0.1) is 22.7 Å². The van der Waals surface area contributed by atoms with E-state index < -0.39 is 23.9 Å². The second kappa shape index (κ2) is 18.2. The summed E-state index contributed by atoms with van der Waals surface area (Å²) in [6.07, 6.45) is 2.59. The Morgan fingerprint density at radius 3 is 2.10 bits per heavy atom. The lowest BCUT2D eigenvalue weighted by molar-refractivity contribution is -0.138. The Kier molecular flexibility index (Phi) is 12.9. The number of aryl methyl sites for hydroxylation is 2. The highest BCUT2D eigenvalue weighted by atomic mass is 32.1. The third-order valence-electron chi connectivity index (χ3n) is 11.8. The van der Waals surface area contributed by atoms with E-state index in [1.807, 2.05) is 55.6 Å². The first-order chi connectivity index (χ1) is 29.5. The summed E-state index contributed by atoms with van der Waals surface area (Å²) in [6, 6.07) is 14.3. The number of piperidine rings is 2. The largest absolute Gasteiger partial charge is 0.333 e. The van der Waals surface area contributed by atoms with Crippen LogP contribution in [0, 0.1) is 13.8 Å². The van der Waals surface area contributed by atoms with Crippen LogP contribution in [0.4, 0.5) is 10.5 Å². The van der Waals surface area contributed by atoms with E-state index >= 15 is 0 Å². The third kappa shape index (κ3) is 9.71. The number of carbonyl (C=O) groups is 8. The first kappa shape index (κ1) is 44.1. The first-order valence-corrected chi connectivity index (χ1v) is 22.4. The molecule has 4 aliphatic rings. The summed E-state index contributed by atoms with van der Waals surface area (Å²) in [5.74, 6) is -1.61. The van der Waals surface area contributed by atoms with Gasteiger partial charge >= 0.3 is 6.03 Å². The number of carbonyl (C=O) groups excluding carboxylic acids is 8. The number of hydrogen-bond donors (Lipinski definition) is 4. The summed E-state index contributed by atoms with van der Waals surface area (Å²) in [7, 11) is 0. The van der Waals surface area contributed by atoms with Gasteiger partial charge in [-0.05, 0) is 84.0 Å². The van der Waals surface area contributed by atoms with Crippen LogP contribution in [0.1, 0.15) is 116 Å². The third-order valence-corrected chi connectivity index (χ3v) is 14.0. The van der Waals surface area contributed by atoms with Crippen LogP contribution >= 0.6 is 22.7 Å². The van der Waals surface area contributed by atoms with Gasteiger partial charge in [-0.2, -0.15) is 0 Å². The number of Topliss-reactive ketones (excluding diaryl/α,β-unsaturated/α-hetero) is 1. The molecule has 324 valence electrons. The van der Waals surface area contributed by atoms with Gasteiger partial charge in [0.05, 0.1) is 17.0 Å². The molecule has 4 aromatic rings. The Bertz CT molecular complexity index is 2480. The number of anilines is 1. The van der Waals surface area contributed by atoms with Crippen molar-refractivity contribution in [2.75, 3.05) is 5.32 Å². The quantitative estimate of drug-likeness (QED) is 0.140. The molecule has 6 heterocycles. The van der Waals surface area contributed by atoms with Crippen LogP contribution < -0.4 is 21.3 Å². The molecule has 2 fully saturated rings. The van der Waals surface area contributed by atoms with Crippen molar-refractivity contribution >= 4 is 75.6 Å². The average molecular weight is 879 g/mol. The molecule has 0 bridgehead atoms. The van der Waals surface area contributed by atoms with Crippen molar-refractivity contribution in [3.8, 4) is 0 Å². The minimum atomic E-state index is -0.611. The summed E-state index contributed by atoms with van der Waals surface area (Å²) in [4.78, 5) is 103. The normalized spacial score (nSPS) is 18.5. The average Bonchev–Trinajstić information content (AvgIpc) is 3.97. The van der Waals surface area contributed by atoms with Crippen LogP contribution in [0.2, 0.25) is 0 Å². The minimum Gasteiger partial charge on any atom is -0.333 e. The molecule has 8 amide bonds. The molecule has 2 aromatic heterocycles. The predicted octanol–water partition coefficient (Wildman–Crippen LogP) is 6.00. The second-order valence-corrected chi connectivity index (χ2v) is 19.2. The maximum atomic E-state index is 12.8. The van der Waals surface area contributed by atoms with Crippen molar-refractivity contribution < 1.29 is 38.4 Å². The summed E-state index contributed by atoms with van der Waals surface area (Å²) in [5, 5.41) is 12.1. The van der Waals surface area contributed by atoms with E-state index in [-0.39, 0.29) is 53.7 Å². The number of rotatable bonds is 10. The molecule has 0 saturated carbocycles. The molecule has 2 aromatic carbocycles. The van der Waals surface area contributed by atoms with Gasteiger partial charge in [0.15, 0.2) is 0 Å². The Hall–Kier alpha value is -6.00. The number of nitrogens with zero attached hydrogens (tertiary/aromatic N) is 2. The van der Waals surface area contributed by atoms with Crippen molar-refractivity contribution in [2.45, 2.75) is 117 Å². The number of fused-ring (bicyclic) bond motifs is 2. The molecular formula is C46H50N6O8S2. The van der Waals surface area contributed by atoms with Crippen LogP contribution in [-0.2, 0) is 61.9 Å². The maximum Gasteiger partial charge on any atom is 0.319 e. The van der Waals surface area contributed by atoms with E-state index in [1.165, 1.54) is 33.1 Å². The topological polar surface area (TPSA) is 191 Å². The van der Waals surface area contributed by atoms with Gasteiger partial charge < -0.3 is 20.4 Å². The fourth-order valence-electron chi connectivity index (χ4n) is 8.01. The zero-order valence-corrected chi connectivity index (χ0v) is 37.0. The highest BCUT2D eigenvalue weighted by molar-refractivity contribution is 7.14. The number of urea groups is 1. The fourth-order valence-corrected chi connectivity index (χ4v) is 10.1. The van der Waals surface area contributed by atoms with Gasteiger partial charge in [0.25, 0.3) is 11.8 Å². The Morgan fingerprint density at radius 2 is 1.48 bits per heavy atom. The van der Waals surface area contributed by atoms with Crippen LogP contribution in [0.3, 0.4) is 0 Å². The van der Waals surface area contributed by atoms with Crippen LogP contribution in [0.5, 0.6) is 0 Å². The van der Waals surface area contributed by atoms with Crippen molar-refractivity contribution in [1.29, 1.82) is 0 Å². The fraction of sp³-hybridized carbons (Fsp3) is 0.391. The summed E-state index contributed by atoms with van der Waals surface area (Å²) >= 11 is 2.83. The van der Waals surface area contributed by atoms with E-state index in [1.54, 1.807) is 4.90 Å². The molecule has 0 aliphatic carbocycles. The summed E-state index contributed by atoms with van der Waals surface area (Å²) in [6.45, 7) is 11.4. The monoisotopic (exact) mass is 878 g/mol. The molecule has 0 radical (unpaired) electrons. The van der Waals surface area contributed by atoms with Gasteiger partial charge in [-0.3, -0.25) is 44.2 Å². The molecule has 4 aliphatic heterocycles. The summed E-state index contributed by atoms with van der Waals surface area (Å²) < 4.78 is 0. The molecular weight excluding hydrogens is 829 g/mol. The van der Waals surface area contributed by atoms with E-state index in [0.717, 1.165) is 43.3 Å². The number of thiophene rings is 2. The number of imide groups is 2. The van der Waals surface area contributed by atoms with Crippen LogP contribution in [-0.4, -0.2) is 69.1 Å². The standard InChI is InChI=1S/C25H28N2O4S.C21H22N4O4S/c1-25(2,3)16-6-4-15(5-7-16)12-17(28)8-10-21-18-13-27(24(31)19(18)14-32-21)20-9-11-22(29)26-23(20)30;1-11-4-3-5-15(12(11)2)23-21(29)22-9-14-8-13-10-25(20(28)18(13)30-14)16-6-7-17(26)24-19(16)27/h4-7,14,20H,8-13H2,1-3H3,(H,26,29,30);3-5,8,16H,6-7,9-10H2,1-2H3,(H2,22,23,29)(H,24,26,27). The molecule has 0 spiro atoms. The van der Waals surface area contributed by atoms with E-state index in [2.05, 4.69) is 54.2 Å². The van der Waals surface area contributed by atoms with E-state index in [0.29, 0.717) is 62.2 Å². The molecule has 16 heteroatoms. The lowest BCUT2D eigenvalue weighted by Crippen LogP contribution is -2.52. The second-order valence-electron chi connectivity index (χ2n) is 17.1. The minimum absolute atomic E-state index is 0.0846. The van der Waals surface area contributed by atoms with E-state index in [4.69, 9.17) is 0 Å². The van der Waals surface area contributed by atoms with Crippen molar-refractivity contribution in [2.24, 2.45) is 0 Å². The first-order valence-electron chi connectivity index (χ1n) is 20.7. The predicted molar refractivity (Wildman–Crippen MR) is 235 cm³/mol. The maximum absolute atomic E-state index is 12.8. The lowest BCUT2D eigenvalue weighted by atomic mass is 9.86. The van der Waals surface area contributed by atoms with Crippen LogP contribution in [0.25, 0.3) is 0 Å². The number of hydrogen-bond acceptors (Lipinski definition) is 10. The molecule has 2 saturated heterocycles. The summed E-state index contributed by atoms with van der Waals surface area (Å²) in [5.41, 5.74) is 7.61. The highest BCUT2D eigenvalue weighted by Crippen LogP contribution is 2.36. The Morgan fingerprint density at radius 1 is 0.839 bits per heavy atom. The number of nitrogens with one attached hydrogen (secondary N) is 4. The SMILES string of the molecule is CC(C)(C)c1ccc(CC(=O)CCc2scc3c2CN(C2CCC(=O)NC2=O)C3=O)cc1.Cc1cccc(NC(=O)NCc2cc3c(s2)C(=O)N(C2CCC(=O)NC2=O)C3)c1C. The van der Waals surface area contributed by atoms with Gasteiger partial charge in [-0.25, -0.2) is 4.79 Å². The highest BCUT2D eigenvalue weighted by Gasteiger charge is 2.42. The number of ketones is 1. The number of benzene rings is 2. The molecule has 2 unspecified atom stereocenters. The molecule has 14 nitrogen and oxygen atoms in total. The molecule has 62 heavy (non-hydrogen) atoms. The van der Waals surface area contributed by atoms with Crippen molar-refractivity contribution in [3.63, 3.8) is 0 Å². The lowest BCUT2D eigenvalue weighted by Gasteiger charge is -2.29. The van der Waals surface area contributed by atoms with Gasteiger partial charge in [0, 0.05) is 59.6 Å². The van der Waals surface area contributed by atoms with Crippen molar-refractivity contribution in [3.05, 3.63) is 107 Å². The smallest absolute Gasteiger partial charge is 0.319 e. The van der Waals surface area contributed by atoms with Crippen molar-refractivity contribution in [1.82, 2.24) is 25.8 Å². The Balaban J connectivity index is 0.000000187. The molecule has 8 rings (SSSR count). The van der Waals surface area contributed by atoms with E-state index in [9.17, 15) is 38.4 Å².